The van der Waals surface area contributed by atoms with Gasteiger partial charge in [0.1, 0.15) is 0 Å². The number of aryl methyl sites for hydroxylation is 1. The van der Waals surface area contributed by atoms with Crippen LogP contribution >= 0.6 is 0 Å². The quantitative estimate of drug-likeness (QED) is 0.669. The highest BCUT2D eigenvalue weighted by Crippen LogP contribution is 2.57. The Morgan fingerprint density at radius 1 is 1.10 bits per heavy atom. The van der Waals surface area contributed by atoms with Crippen LogP contribution in [0.15, 0.2) is 48.5 Å². The van der Waals surface area contributed by atoms with E-state index in [1.807, 2.05) is 18.2 Å². The van der Waals surface area contributed by atoms with Gasteiger partial charge in [-0.3, -0.25) is 4.79 Å². The lowest BCUT2D eigenvalue weighted by Crippen LogP contribution is -2.55. The van der Waals surface area contributed by atoms with Gasteiger partial charge in [0.15, 0.2) is 0 Å². The molecule has 2 aromatic rings. The molecule has 0 heterocycles. The van der Waals surface area contributed by atoms with Crippen LogP contribution in [0, 0.1) is 11.3 Å². The third kappa shape index (κ3) is 3.52. The van der Waals surface area contributed by atoms with Crippen LogP contribution in [0.5, 0.6) is 0 Å². The van der Waals surface area contributed by atoms with Gasteiger partial charge in [0.25, 0.3) is 0 Å². The van der Waals surface area contributed by atoms with Crippen molar-refractivity contribution in [1.29, 1.82) is 0 Å². The molecule has 2 heteroatoms. The van der Waals surface area contributed by atoms with E-state index in [2.05, 4.69) is 63.3 Å². The fraction of sp³-hybridized carbons (Fsp3) is 0.519. The minimum Gasteiger partial charge on any atom is -0.352 e. The predicted octanol–water partition coefficient (Wildman–Crippen LogP) is 6.14. The van der Waals surface area contributed by atoms with E-state index in [4.69, 9.17) is 0 Å². The Hall–Kier alpha value is -2.09. The first-order chi connectivity index (χ1) is 13.8. The van der Waals surface area contributed by atoms with Gasteiger partial charge in [0.05, 0.1) is 5.41 Å². The molecule has 2 nitrogen and oxygen atoms in total. The van der Waals surface area contributed by atoms with Gasteiger partial charge >= 0.3 is 0 Å². The maximum Gasteiger partial charge on any atom is 0.226 e. The van der Waals surface area contributed by atoms with E-state index in [9.17, 15) is 4.79 Å². The number of benzene rings is 2. The molecule has 0 saturated heterocycles. The van der Waals surface area contributed by atoms with E-state index < -0.39 is 0 Å². The van der Waals surface area contributed by atoms with Gasteiger partial charge in [-0.15, -0.1) is 0 Å². The van der Waals surface area contributed by atoms with Gasteiger partial charge < -0.3 is 5.32 Å². The monoisotopic (exact) mass is 389 g/mol. The maximum absolute atomic E-state index is 13.4. The van der Waals surface area contributed by atoms with Gasteiger partial charge in [-0.25, -0.2) is 0 Å². The van der Waals surface area contributed by atoms with Crippen LogP contribution in [-0.4, -0.2) is 5.91 Å². The van der Waals surface area contributed by atoms with Crippen LogP contribution in [0.25, 0.3) is 0 Å². The molecule has 2 aromatic carbocycles. The van der Waals surface area contributed by atoms with Gasteiger partial charge in [-0.1, -0.05) is 82.6 Å². The van der Waals surface area contributed by atoms with Crippen molar-refractivity contribution in [1.82, 2.24) is 5.32 Å². The molecular weight excluding hydrogens is 354 g/mol. The molecule has 1 amide bonds. The number of carbonyl (C=O) groups excluding carboxylic acids is 1. The van der Waals surface area contributed by atoms with Crippen molar-refractivity contribution < 1.29 is 4.79 Å². The lowest BCUT2D eigenvalue weighted by molar-refractivity contribution is -0.139. The SMILES string of the molecule is CC(C)c1ccc2c(c1)CC[C@H]1[C@@](C)(C(=O)NCc3ccccc3)CCC[C@]21C. The Kier molecular flexibility index (Phi) is 5.31. The second kappa shape index (κ2) is 7.63. The minimum atomic E-state index is -0.295. The van der Waals surface area contributed by atoms with E-state index in [0.29, 0.717) is 18.4 Å². The van der Waals surface area contributed by atoms with Crippen molar-refractivity contribution in [3.63, 3.8) is 0 Å². The van der Waals surface area contributed by atoms with Gasteiger partial charge in [0, 0.05) is 6.54 Å². The third-order valence-electron chi connectivity index (χ3n) is 7.86. The smallest absolute Gasteiger partial charge is 0.226 e. The van der Waals surface area contributed by atoms with Crippen LogP contribution in [0.3, 0.4) is 0 Å². The van der Waals surface area contributed by atoms with Crippen molar-refractivity contribution in [3.05, 3.63) is 70.8 Å². The number of nitrogens with one attached hydrogen (secondary N) is 1. The predicted molar refractivity (Wildman–Crippen MR) is 120 cm³/mol. The van der Waals surface area contributed by atoms with E-state index >= 15 is 0 Å². The second-order valence-electron chi connectivity index (χ2n) is 10.0. The van der Waals surface area contributed by atoms with E-state index in [-0.39, 0.29) is 16.7 Å². The average Bonchev–Trinajstić information content (AvgIpc) is 2.72. The van der Waals surface area contributed by atoms with Crippen molar-refractivity contribution in [2.24, 2.45) is 11.3 Å². The number of amides is 1. The van der Waals surface area contributed by atoms with E-state index in [1.54, 1.807) is 0 Å². The number of carbonyl (C=O) groups is 1. The topological polar surface area (TPSA) is 29.1 Å². The van der Waals surface area contributed by atoms with Crippen LogP contribution < -0.4 is 5.32 Å². The largest absolute Gasteiger partial charge is 0.352 e. The lowest BCUT2D eigenvalue weighted by Gasteiger charge is -2.54. The normalized spacial score (nSPS) is 28.5. The van der Waals surface area contributed by atoms with Crippen molar-refractivity contribution in [3.8, 4) is 0 Å². The van der Waals surface area contributed by atoms with Crippen LogP contribution in [0.1, 0.15) is 81.5 Å². The Labute approximate surface area is 176 Å². The van der Waals surface area contributed by atoms with Crippen molar-refractivity contribution in [2.45, 2.75) is 77.7 Å². The molecule has 0 radical (unpaired) electrons. The highest BCUT2D eigenvalue weighted by molar-refractivity contribution is 5.83. The first kappa shape index (κ1) is 20.2. The van der Waals surface area contributed by atoms with Crippen molar-refractivity contribution >= 4 is 5.91 Å². The fourth-order valence-corrected chi connectivity index (χ4v) is 6.12. The lowest BCUT2D eigenvalue weighted by atomic mass is 9.49. The van der Waals surface area contributed by atoms with Crippen LogP contribution in [-0.2, 0) is 23.2 Å². The molecule has 3 atom stereocenters. The molecule has 2 aliphatic rings. The van der Waals surface area contributed by atoms with E-state index in [1.165, 1.54) is 28.7 Å². The molecular formula is C27H35NO. The number of hydrogen-bond acceptors (Lipinski definition) is 1. The average molecular weight is 390 g/mol. The molecule has 0 spiro atoms. The molecule has 2 aliphatic carbocycles. The molecule has 0 aliphatic heterocycles. The highest BCUT2D eigenvalue weighted by Gasteiger charge is 2.54. The number of hydrogen-bond donors (Lipinski definition) is 1. The molecule has 29 heavy (non-hydrogen) atoms. The van der Waals surface area contributed by atoms with Gasteiger partial charge in [0.2, 0.25) is 5.91 Å². The second-order valence-corrected chi connectivity index (χ2v) is 10.0. The summed E-state index contributed by atoms with van der Waals surface area (Å²) in [4.78, 5) is 13.4. The summed E-state index contributed by atoms with van der Waals surface area (Å²) in [6.45, 7) is 9.80. The summed E-state index contributed by atoms with van der Waals surface area (Å²) in [6.07, 6.45) is 5.51. The first-order valence-electron chi connectivity index (χ1n) is 11.3. The molecule has 1 fully saturated rings. The first-order valence-corrected chi connectivity index (χ1v) is 11.3. The zero-order chi connectivity index (χ0) is 20.6. The summed E-state index contributed by atoms with van der Waals surface area (Å²) < 4.78 is 0. The zero-order valence-corrected chi connectivity index (χ0v) is 18.4. The summed E-state index contributed by atoms with van der Waals surface area (Å²) >= 11 is 0. The third-order valence-corrected chi connectivity index (χ3v) is 7.86. The fourth-order valence-electron chi connectivity index (χ4n) is 6.12. The minimum absolute atomic E-state index is 0.0974. The molecule has 0 aromatic heterocycles. The van der Waals surface area contributed by atoms with Gasteiger partial charge in [-0.2, -0.15) is 0 Å². The Balaban J connectivity index is 1.60. The molecule has 0 bridgehead atoms. The number of rotatable bonds is 4. The zero-order valence-electron chi connectivity index (χ0n) is 18.4. The molecule has 4 rings (SSSR count). The van der Waals surface area contributed by atoms with E-state index in [0.717, 1.165) is 25.7 Å². The maximum atomic E-state index is 13.4. The molecule has 1 N–H and O–H groups in total. The summed E-state index contributed by atoms with van der Waals surface area (Å²) in [7, 11) is 0. The standard InChI is InChI=1S/C27H35NO/c1-19(2)21-11-13-23-22(17-21)12-14-24-26(23,3)15-8-16-27(24,4)25(29)28-18-20-9-6-5-7-10-20/h5-7,9-11,13,17,19,24H,8,12,14-16,18H2,1-4H3,(H,28,29)/t24-,26-,27+/m1/s1. The van der Waals surface area contributed by atoms with Crippen LogP contribution in [0.2, 0.25) is 0 Å². The summed E-state index contributed by atoms with van der Waals surface area (Å²) in [5.74, 6) is 1.20. The summed E-state index contributed by atoms with van der Waals surface area (Å²) in [6, 6.07) is 17.4. The van der Waals surface area contributed by atoms with Crippen molar-refractivity contribution in [2.75, 3.05) is 0 Å². The highest BCUT2D eigenvalue weighted by atomic mass is 16.2. The Morgan fingerprint density at radius 2 is 1.86 bits per heavy atom. The molecule has 0 unspecified atom stereocenters. The van der Waals surface area contributed by atoms with Crippen LogP contribution in [0.4, 0.5) is 0 Å². The summed E-state index contributed by atoms with van der Waals surface area (Å²) in [5, 5.41) is 3.27. The summed E-state index contributed by atoms with van der Waals surface area (Å²) in [5.41, 5.74) is 5.42. The Bertz CT molecular complexity index is 887. The molecule has 154 valence electrons. The number of fused-ring (bicyclic) bond motifs is 3. The molecule has 1 saturated carbocycles. The van der Waals surface area contributed by atoms with Gasteiger partial charge in [-0.05, 0) is 65.2 Å². The Morgan fingerprint density at radius 3 is 2.59 bits per heavy atom.